The third-order valence-electron chi connectivity index (χ3n) is 4.59. The van der Waals surface area contributed by atoms with Crippen molar-refractivity contribution in [3.05, 3.63) is 41.5 Å². The van der Waals surface area contributed by atoms with Crippen LogP contribution in [0.5, 0.6) is 17.2 Å². The second-order valence-corrected chi connectivity index (χ2v) is 5.87. The van der Waals surface area contributed by atoms with Gasteiger partial charge in [-0.2, -0.15) is 0 Å². The third-order valence-corrected chi connectivity index (χ3v) is 4.59. The van der Waals surface area contributed by atoms with E-state index in [2.05, 4.69) is 0 Å². The van der Waals surface area contributed by atoms with Crippen molar-refractivity contribution in [3.8, 4) is 17.2 Å². The first-order chi connectivity index (χ1) is 13.1. The molecule has 0 radical (unpaired) electrons. The van der Waals surface area contributed by atoms with E-state index in [0.717, 1.165) is 5.39 Å². The number of methoxy groups -OCH3 is 3. The zero-order chi connectivity index (χ0) is 19.1. The predicted molar refractivity (Wildman–Crippen MR) is 96.8 cm³/mol. The summed E-state index contributed by atoms with van der Waals surface area (Å²) >= 11 is 0. The molecule has 0 saturated heterocycles. The molecule has 7 heteroatoms. The number of hydrogen-bond donors (Lipinski definition) is 0. The summed E-state index contributed by atoms with van der Waals surface area (Å²) in [5.74, 6) is 0.272. The van der Waals surface area contributed by atoms with Crippen molar-refractivity contribution < 1.29 is 33.3 Å². The molecule has 138 valence electrons. The highest BCUT2D eigenvalue weighted by Gasteiger charge is 2.29. The van der Waals surface area contributed by atoms with E-state index in [-0.39, 0.29) is 17.9 Å². The fourth-order valence-corrected chi connectivity index (χ4v) is 3.43. The molecule has 0 aromatic heterocycles. The summed E-state index contributed by atoms with van der Waals surface area (Å²) in [5.41, 5.74) is 0.407. The molecule has 3 aromatic rings. The van der Waals surface area contributed by atoms with Crippen LogP contribution in [0.3, 0.4) is 0 Å². The summed E-state index contributed by atoms with van der Waals surface area (Å²) in [6.07, 6.45) is 0. The van der Waals surface area contributed by atoms with Crippen LogP contribution >= 0.6 is 0 Å². The van der Waals surface area contributed by atoms with Crippen LogP contribution in [0.1, 0.15) is 20.7 Å². The smallest absolute Gasteiger partial charge is 0.338 e. The summed E-state index contributed by atoms with van der Waals surface area (Å²) in [7, 11) is 4.11. The lowest BCUT2D eigenvalue weighted by Crippen LogP contribution is -2.09. The second-order valence-electron chi connectivity index (χ2n) is 5.87. The molecule has 0 bridgehead atoms. The molecule has 27 heavy (non-hydrogen) atoms. The lowest BCUT2D eigenvalue weighted by Gasteiger charge is -2.15. The number of fused-ring (bicyclic) bond motifs is 5. The molecule has 1 aliphatic heterocycles. The maximum atomic E-state index is 12.5. The number of hydrogen-bond acceptors (Lipinski definition) is 7. The van der Waals surface area contributed by atoms with E-state index in [0.29, 0.717) is 33.4 Å². The van der Waals surface area contributed by atoms with E-state index in [4.69, 9.17) is 23.7 Å². The van der Waals surface area contributed by atoms with Crippen LogP contribution in [0, 0.1) is 0 Å². The Balaban J connectivity index is 2.29. The lowest BCUT2D eigenvalue weighted by molar-refractivity contribution is 0.0601. The standard InChI is InChI=1S/C20H16O7/c1-23-14-6-4-5-10-11(14)7-12(19(21)24-2)16-13(20(22)25-3)8-15-18(17(10)16)27-9-26-15/h4-8H,9H2,1-3H3. The Morgan fingerprint density at radius 3 is 2.26 bits per heavy atom. The Kier molecular flexibility index (Phi) is 3.99. The first-order valence-electron chi connectivity index (χ1n) is 8.13. The van der Waals surface area contributed by atoms with Crippen molar-refractivity contribution in [1.82, 2.24) is 0 Å². The van der Waals surface area contributed by atoms with Crippen LogP contribution in [0.25, 0.3) is 21.5 Å². The Hall–Kier alpha value is -3.48. The fraction of sp³-hybridized carbons (Fsp3) is 0.200. The Morgan fingerprint density at radius 2 is 1.59 bits per heavy atom. The first kappa shape index (κ1) is 17.0. The maximum Gasteiger partial charge on any atom is 0.338 e. The molecule has 0 spiro atoms. The molecule has 1 heterocycles. The second kappa shape index (κ2) is 6.35. The molecule has 0 aliphatic carbocycles. The van der Waals surface area contributed by atoms with Gasteiger partial charge in [0.2, 0.25) is 6.79 Å². The maximum absolute atomic E-state index is 12.5. The van der Waals surface area contributed by atoms with Gasteiger partial charge < -0.3 is 23.7 Å². The number of benzene rings is 3. The van der Waals surface area contributed by atoms with Gasteiger partial charge in [-0.05, 0) is 23.6 Å². The van der Waals surface area contributed by atoms with Crippen LogP contribution in [-0.2, 0) is 9.47 Å². The van der Waals surface area contributed by atoms with Gasteiger partial charge in [-0.3, -0.25) is 0 Å². The minimum atomic E-state index is -0.592. The van der Waals surface area contributed by atoms with Crippen LogP contribution in [0.4, 0.5) is 0 Å². The van der Waals surface area contributed by atoms with Crippen molar-refractivity contribution in [2.24, 2.45) is 0 Å². The normalized spacial score (nSPS) is 12.3. The SMILES string of the molecule is COC(=O)c1cc2c(c3c1c(C(=O)OC)cc1c(OC)cccc13)OCO2. The summed E-state index contributed by atoms with van der Waals surface area (Å²) in [4.78, 5) is 25.0. The quantitative estimate of drug-likeness (QED) is 0.518. The highest BCUT2D eigenvalue weighted by Crippen LogP contribution is 2.47. The molecule has 0 fully saturated rings. The van der Waals surface area contributed by atoms with Crippen LogP contribution in [0.2, 0.25) is 0 Å². The largest absolute Gasteiger partial charge is 0.496 e. The molecule has 0 N–H and O–H groups in total. The van der Waals surface area contributed by atoms with Crippen molar-refractivity contribution in [2.45, 2.75) is 0 Å². The molecule has 7 nitrogen and oxygen atoms in total. The van der Waals surface area contributed by atoms with E-state index >= 15 is 0 Å². The zero-order valence-corrected chi connectivity index (χ0v) is 15.0. The van der Waals surface area contributed by atoms with Gasteiger partial charge in [0, 0.05) is 16.2 Å². The summed E-state index contributed by atoms with van der Waals surface area (Å²) < 4.78 is 26.5. The number of carbonyl (C=O) groups excluding carboxylic acids is 2. The molecule has 3 aromatic carbocycles. The molecule has 1 aliphatic rings. The van der Waals surface area contributed by atoms with E-state index in [1.54, 1.807) is 19.2 Å². The summed E-state index contributed by atoms with van der Waals surface area (Å²) in [5, 5.41) is 2.40. The van der Waals surface area contributed by atoms with Crippen molar-refractivity contribution in [3.63, 3.8) is 0 Å². The molecular weight excluding hydrogens is 352 g/mol. The van der Waals surface area contributed by atoms with Gasteiger partial charge in [0.15, 0.2) is 11.5 Å². The van der Waals surface area contributed by atoms with Gasteiger partial charge in [0.1, 0.15) is 5.75 Å². The first-order valence-corrected chi connectivity index (χ1v) is 8.13. The van der Waals surface area contributed by atoms with Gasteiger partial charge in [0.25, 0.3) is 0 Å². The fourth-order valence-electron chi connectivity index (χ4n) is 3.43. The predicted octanol–water partition coefficient (Wildman–Crippen LogP) is 3.30. The number of ether oxygens (including phenoxy) is 5. The van der Waals surface area contributed by atoms with E-state index in [1.165, 1.54) is 20.3 Å². The Bertz CT molecular complexity index is 1100. The highest BCUT2D eigenvalue weighted by atomic mass is 16.7. The van der Waals surface area contributed by atoms with Gasteiger partial charge in [-0.1, -0.05) is 12.1 Å². The number of esters is 2. The van der Waals surface area contributed by atoms with E-state index < -0.39 is 11.9 Å². The van der Waals surface area contributed by atoms with Crippen molar-refractivity contribution in [1.29, 1.82) is 0 Å². The molecule has 0 saturated carbocycles. The molecular formula is C20H16O7. The zero-order valence-electron chi connectivity index (χ0n) is 15.0. The topological polar surface area (TPSA) is 80.3 Å². The third kappa shape index (κ3) is 2.43. The van der Waals surface area contributed by atoms with Gasteiger partial charge in [-0.25, -0.2) is 9.59 Å². The van der Waals surface area contributed by atoms with E-state index in [9.17, 15) is 9.59 Å². The Labute approximate surface area is 154 Å². The number of rotatable bonds is 3. The molecule has 0 atom stereocenters. The number of carbonyl (C=O) groups is 2. The molecule has 0 unspecified atom stereocenters. The van der Waals surface area contributed by atoms with Gasteiger partial charge in [0.05, 0.1) is 32.5 Å². The monoisotopic (exact) mass is 368 g/mol. The van der Waals surface area contributed by atoms with Crippen LogP contribution in [-0.4, -0.2) is 40.1 Å². The van der Waals surface area contributed by atoms with Crippen LogP contribution in [0.15, 0.2) is 30.3 Å². The Morgan fingerprint density at radius 1 is 0.889 bits per heavy atom. The van der Waals surface area contributed by atoms with E-state index in [1.807, 2.05) is 12.1 Å². The van der Waals surface area contributed by atoms with Gasteiger partial charge >= 0.3 is 11.9 Å². The minimum Gasteiger partial charge on any atom is -0.496 e. The summed E-state index contributed by atoms with van der Waals surface area (Å²) in [6.45, 7) is 0.0168. The highest BCUT2D eigenvalue weighted by molar-refractivity contribution is 6.24. The van der Waals surface area contributed by atoms with Crippen LogP contribution < -0.4 is 14.2 Å². The average Bonchev–Trinajstić information content (AvgIpc) is 3.19. The minimum absolute atomic E-state index is 0.0168. The summed E-state index contributed by atoms with van der Waals surface area (Å²) in [6, 6.07) is 8.65. The van der Waals surface area contributed by atoms with Crippen molar-refractivity contribution in [2.75, 3.05) is 28.1 Å². The van der Waals surface area contributed by atoms with Crippen molar-refractivity contribution >= 4 is 33.5 Å². The lowest BCUT2D eigenvalue weighted by atomic mass is 9.92. The molecule has 0 amide bonds. The molecule has 4 rings (SSSR count). The van der Waals surface area contributed by atoms with Gasteiger partial charge in [-0.15, -0.1) is 0 Å². The average molecular weight is 368 g/mol.